The van der Waals surface area contributed by atoms with Crippen molar-refractivity contribution < 1.29 is 13.6 Å². The standard InChI is InChI=1S/C21H17F2N5OS/c22-15-3-1-14(2-4-15)9-10-24-19(29)12-30-21-18-11-27-28(20(18)25-13-26-21)17-7-5-16(23)6-8-17/h1-8,11,13H,9-10,12H2,(H,24,29). The molecule has 4 aromatic rings. The maximum atomic E-state index is 13.2. The number of hydrogen-bond acceptors (Lipinski definition) is 5. The third-order valence-corrected chi connectivity index (χ3v) is 5.39. The lowest BCUT2D eigenvalue weighted by Gasteiger charge is -2.06. The summed E-state index contributed by atoms with van der Waals surface area (Å²) in [7, 11) is 0. The number of fused-ring (bicyclic) bond motifs is 1. The lowest BCUT2D eigenvalue weighted by atomic mass is 10.1. The van der Waals surface area contributed by atoms with Crippen molar-refractivity contribution >= 4 is 28.7 Å². The molecule has 2 aromatic heterocycles. The first-order valence-corrected chi connectivity index (χ1v) is 10.2. The molecule has 1 amide bonds. The summed E-state index contributed by atoms with van der Waals surface area (Å²) in [6.45, 7) is 0.465. The van der Waals surface area contributed by atoms with Crippen LogP contribution in [-0.2, 0) is 11.2 Å². The Morgan fingerprint density at radius 3 is 2.43 bits per heavy atom. The molecule has 0 fully saturated rings. The fourth-order valence-corrected chi connectivity index (χ4v) is 3.68. The Labute approximate surface area is 175 Å². The maximum Gasteiger partial charge on any atom is 0.230 e. The van der Waals surface area contributed by atoms with Crippen molar-refractivity contribution in [2.75, 3.05) is 12.3 Å². The van der Waals surface area contributed by atoms with E-state index in [0.29, 0.717) is 34.7 Å². The van der Waals surface area contributed by atoms with Crippen molar-refractivity contribution in [2.24, 2.45) is 0 Å². The third kappa shape index (κ3) is 4.62. The van der Waals surface area contributed by atoms with Crippen LogP contribution in [0.4, 0.5) is 8.78 Å². The summed E-state index contributed by atoms with van der Waals surface area (Å²) in [5.41, 5.74) is 2.21. The van der Waals surface area contributed by atoms with E-state index in [2.05, 4.69) is 20.4 Å². The molecule has 6 nitrogen and oxygen atoms in total. The zero-order valence-corrected chi connectivity index (χ0v) is 16.6. The molecule has 30 heavy (non-hydrogen) atoms. The summed E-state index contributed by atoms with van der Waals surface area (Å²) in [6, 6.07) is 12.2. The fraction of sp³-hybridized carbons (Fsp3) is 0.143. The van der Waals surface area contributed by atoms with Crippen LogP contribution in [0.15, 0.2) is 66.1 Å². The van der Waals surface area contributed by atoms with E-state index in [-0.39, 0.29) is 23.3 Å². The van der Waals surface area contributed by atoms with Crippen molar-refractivity contribution in [3.63, 3.8) is 0 Å². The van der Waals surface area contributed by atoms with Crippen LogP contribution < -0.4 is 5.32 Å². The van der Waals surface area contributed by atoms with Crippen molar-refractivity contribution in [2.45, 2.75) is 11.4 Å². The summed E-state index contributed by atoms with van der Waals surface area (Å²) < 4.78 is 27.7. The number of carbonyl (C=O) groups is 1. The van der Waals surface area contributed by atoms with E-state index in [1.807, 2.05) is 0 Å². The normalized spacial score (nSPS) is 11.0. The lowest BCUT2D eigenvalue weighted by molar-refractivity contribution is -0.118. The molecule has 2 aromatic carbocycles. The highest BCUT2D eigenvalue weighted by Crippen LogP contribution is 2.25. The summed E-state index contributed by atoms with van der Waals surface area (Å²) in [5.74, 6) is -0.540. The molecule has 152 valence electrons. The number of halogens is 2. The number of hydrogen-bond donors (Lipinski definition) is 1. The smallest absolute Gasteiger partial charge is 0.230 e. The highest BCUT2D eigenvalue weighted by Gasteiger charge is 2.13. The van der Waals surface area contributed by atoms with Gasteiger partial charge in [-0.1, -0.05) is 23.9 Å². The molecule has 0 bridgehead atoms. The molecule has 0 aliphatic carbocycles. The van der Waals surface area contributed by atoms with Gasteiger partial charge in [0.25, 0.3) is 0 Å². The fourth-order valence-electron chi connectivity index (χ4n) is 2.89. The number of nitrogens with zero attached hydrogens (tertiary/aromatic N) is 4. The third-order valence-electron chi connectivity index (χ3n) is 4.39. The van der Waals surface area contributed by atoms with Crippen LogP contribution in [0, 0.1) is 11.6 Å². The van der Waals surface area contributed by atoms with E-state index in [1.54, 1.807) is 35.1 Å². The van der Waals surface area contributed by atoms with Gasteiger partial charge in [0.1, 0.15) is 23.0 Å². The predicted molar refractivity (Wildman–Crippen MR) is 110 cm³/mol. The van der Waals surface area contributed by atoms with Gasteiger partial charge in [0.15, 0.2) is 5.65 Å². The minimum atomic E-state index is -0.327. The molecule has 4 rings (SSSR count). The monoisotopic (exact) mass is 425 g/mol. The highest BCUT2D eigenvalue weighted by molar-refractivity contribution is 8.00. The van der Waals surface area contributed by atoms with Crippen LogP contribution in [0.2, 0.25) is 0 Å². The molecule has 0 spiro atoms. The van der Waals surface area contributed by atoms with E-state index in [4.69, 9.17) is 0 Å². The first kappa shape index (κ1) is 20.0. The molecule has 2 heterocycles. The van der Waals surface area contributed by atoms with Gasteiger partial charge >= 0.3 is 0 Å². The van der Waals surface area contributed by atoms with Crippen LogP contribution in [0.3, 0.4) is 0 Å². The van der Waals surface area contributed by atoms with Gasteiger partial charge in [-0.05, 0) is 48.4 Å². The molecule has 0 unspecified atom stereocenters. The van der Waals surface area contributed by atoms with Crippen molar-refractivity contribution in [3.05, 3.63) is 78.3 Å². The summed E-state index contributed by atoms with van der Waals surface area (Å²) in [6.07, 6.45) is 3.67. The Bertz CT molecular complexity index is 1160. The summed E-state index contributed by atoms with van der Waals surface area (Å²) in [5, 5.41) is 8.53. The van der Waals surface area contributed by atoms with Gasteiger partial charge in [0.2, 0.25) is 5.91 Å². The molecule has 9 heteroatoms. The van der Waals surface area contributed by atoms with Crippen LogP contribution >= 0.6 is 11.8 Å². The Balaban J connectivity index is 1.37. The van der Waals surface area contributed by atoms with Gasteiger partial charge in [-0.2, -0.15) is 5.10 Å². The number of nitrogens with one attached hydrogen (secondary N) is 1. The molecule has 0 saturated heterocycles. The minimum absolute atomic E-state index is 0.125. The molecule has 0 radical (unpaired) electrons. The van der Waals surface area contributed by atoms with Crippen molar-refractivity contribution in [1.82, 2.24) is 25.1 Å². The van der Waals surface area contributed by atoms with E-state index < -0.39 is 0 Å². The zero-order valence-electron chi connectivity index (χ0n) is 15.8. The Morgan fingerprint density at radius 1 is 1.00 bits per heavy atom. The molecular weight excluding hydrogens is 408 g/mol. The Kier molecular flexibility index (Phi) is 5.99. The zero-order chi connectivity index (χ0) is 20.9. The predicted octanol–water partition coefficient (Wildman–Crippen LogP) is 3.54. The quantitative estimate of drug-likeness (QED) is 0.362. The molecule has 0 atom stereocenters. The maximum absolute atomic E-state index is 13.2. The van der Waals surface area contributed by atoms with E-state index in [9.17, 15) is 13.6 Å². The van der Waals surface area contributed by atoms with E-state index in [1.165, 1.54) is 42.4 Å². The van der Waals surface area contributed by atoms with E-state index in [0.717, 1.165) is 5.56 Å². The van der Waals surface area contributed by atoms with Crippen LogP contribution in [-0.4, -0.2) is 38.0 Å². The number of benzene rings is 2. The lowest BCUT2D eigenvalue weighted by Crippen LogP contribution is -2.27. The average molecular weight is 425 g/mol. The Hall–Kier alpha value is -3.33. The first-order chi connectivity index (χ1) is 14.6. The Morgan fingerprint density at radius 2 is 1.70 bits per heavy atom. The van der Waals surface area contributed by atoms with Crippen LogP contribution in [0.5, 0.6) is 0 Å². The largest absolute Gasteiger partial charge is 0.355 e. The molecule has 0 aliphatic rings. The molecular formula is C21H17F2N5OS. The molecule has 1 N–H and O–H groups in total. The van der Waals surface area contributed by atoms with Crippen LogP contribution in [0.25, 0.3) is 16.7 Å². The highest BCUT2D eigenvalue weighted by atomic mass is 32.2. The first-order valence-electron chi connectivity index (χ1n) is 9.19. The second kappa shape index (κ2) is 9.00. The van der Waals surface area contributed by atoms with Crippen molar-refractivity contribution in [3.8, 4) is 5.69 Å². The van der Waals surface area contributed by atoms with Gasteiger partial charge in [0, 0.05) is 6.54 Å². The van der Waals surface area contributed by atoms with Gasteiger partial charge in [-0.3, -0.25) is 4.79 Å². The van der Waals surface area contributed by atoms with Gasteiger partial charge < -0.3 is 5.32 Å². The number of rotatable bonds is 7. The van der Waals surface area contributed by atoms with E-state index >= 15 is 0 Å². The average Bonchev–Trinajstić information content (AvgIpc) is 3.19. The minimum Gasteiger partial charge on any atom is -0.355 e. The SMILES string of the molecule is O=C(CSc1ncnc2c1cnn2-c1ccc(F)cc1)NCCc1ccc(F)cc1. The molecule has 0 aliphatic heterocycles. The van der Waals surface area contributed by atoms with Gasteiger partial charge in [-0.15, -0.1) is 0 Å². The summed E-state index contributed by atoms with van der Waals surface area (Å²) >= 11 is 1.29. The van der Waals surface area contributed by atoms with Gasteiger partial charge in [-0.25, -0.2) is 23.4 Å². The number of aromatic nitrogens is 4. The van der Waals surface area contributed by atoms with Crippen LogP contribution in [0.1, 0.15) is 5.56 Å². The van der Waals surface area contributed by atoms with Gasteiger partial charge in [0.05, 0.1) is 23.0 Å². The number of thioether (sulfide) groups is 1. The molecule has 0 saturated carbocycles. The van der Waals surface area contributed by atoms with Crippen molar-refractivity contribution in [1.29, 1.82) is 0 Å². The topological polar surface area (TPSA) is 72.7 Å². The second-order valence-corrected chi connectivity index (χ2v) is 7.43. The summed E-state index contributed by atoms with van der Waals surface area (Å²) in [4.78, 5) is 20.7. The number of carbonyl (C=O) groups excluding carboxylic acids is 1. The second-order valence-electron chi connectivity index (χ2n) is 6.46. The number of amides is 1.